The average Bonchev–Trinajstić information content (AvgIpc) is 2.69. The predicted octanol–water partition coefficient (Wildman–Crippen LogP) is 3.79. The quantitative estimate of drug-likeness (QED) is 0.583. The molecule has 2 aromatic rings. The van der Waals surface area contributed by atoms with Crippen LogP contribution in [0.1, 0.15) is 50.8 Å². The first-order valence-corrected chi connectivity index (χ1v) is 13.3. The van der Waals surface area contributed by atoms with Crippen LogP contribution in [0.25, 0.3) is 0 Å². The maximum absolute atomic E-state index is 13.7. The number of carbonyl (C=O) groups is 2. The van der Waals surface area contributed by atoms with Gasteiger partial charge in [-0.1, -0.05) is 48.9 Å². The van der Waals surface area contributed by atoms with E-state index < -0.39 is 34.1 Å². The van der Waals surface area contributed by atoms with Gasteiger partial charge in [-0.3, -0.25) is 13.9 Å². The highest BCUT2D eigenvalue weighted by molar-refractivity contribution is 7.92. The number of nitrogens with zero attached hydrogens (tertiary/aromatic N) is 2. The van der Waals surface area contributed by atoms with Crippen LogP contribution in [0, 0.1) is 13.8 Å². The van der Waals surface area contributed by atoms with Gasteiger partial charge in [0.2, 0.25) is 21.8 Å². The summed E-state index contributed by atoms with van der Waals surface area (Å²) in [5, 5.41) is 2.96. The first-order chi connectivity index (χ1) is 15.7. The van der Waals surface area contributed by atoms with E-state index in [4.69, 9.17) is 0 Å². The molecule has 0 unspecified atom stereocenters. The molecular formula is C26H37N3O4S. The molecule has 0 heterocycles. The second-order valence-corrected chi connectivity index (χ2v) is 11.7. The minimum atomic E-state index is -3.74. The van der Waals surface area contributed by atoms with Crippen molar-refractivity contribution in [1.82, 2.24) is 10.2 Å². The van der Waals surface area contributed by atoms with Crippen LogP contribution in [-0.4, -0.2) is 49.5 Å². The molecule has 0 saturated heterocycles. The molecule has 8 heteroatoms. The number of nitrogens with one attached hydrogen (secondary N) is 1. The predicted molar refractivity (Wildman–Crippen MR) is 137 cm³/mol. The third-order valence-corrected chi connectivity index (χ3v) is 6.43. The zero-order chi connectivity index (χ0) is 25.7. The van der Waals surface area contributed by atoms with Gasteiger partial charge in [0.15, 0.2) is 0 Å². The molecule has 186 valence electrons. The maximum atomic E-state index is 13.7. The molecule has 1 N–H and O–H groups in total. The standard InChI is InChI=1S/C26H37N3O4S/c1-8-23(25(31)27-26(4,5)6)28(17-21-13-9-11-19(2)15-21)24(30)18-29(34(7,32)33)22-14-10-12-20(3)16-22/h9-16,23H,8,17-18H2,1-7H3,(H,27,31)/t23-/m1/s1. The van der Waals surface area contributed by atoms with Crippen molar-refractivity contribution in [2.75, 3.05) is 17.1 Å². The summed E-state index contributed by atoms with van der Waals surface area (Å²) in [6.07, 6.45) is 1.47. The molecule has 0 saturated carbocycles. The van der Waals surface area contributed by atoms with Crippen LogP contribution in [0.4, 0.5) is 5.69 Å². The Morgan fingerprint density at radius 1 is 1.00 bits per heavy atom. The zero-order valence-corrected chi connectivity index (χ0v) is 22.1. The molecule has 34 heavy (non-hydrogen) atoms. The summed E-state index contributed by atoms with van der Waals surface area (Å²) in [7, 11) is -3.74. The van der Waals surface area contributed by atoms with Gasteiger partial charge in [-0.2, -0.15) is 0 Å². The van der Waals surface area contributed by atoms with Crippen molar-refractivity contribution in [1.29, 1.82) is 0 Å². The van der Waals surface area contributed by atoms with Crippen molar-refractivity contribution < 1.29 is 18.0 Å². The van der Waals surface area contributed by atoms with Gasteiger partial charge in [-0.05, 0) is 64.3 Å². The van der Waals surface area contributed by atoms with E-state index in [1.54, 1.807) is 18.2 Å². The zero-order valence-electron chi connectivity index (χ0n) is 21.3. The Morgan fingerprint density at radius 2 is 1.59 bits per heavy atom. The van der Waals surface area contributed by atoms with Crippen molar-refractivity contribution in [2.45, 2.75) is 66.1 Å². The highest BCUT2D eigenvalue weighted by atomic mass is 32.2. The van der Waals surface area contributed by atoms with Crippen LogP contribution < -0.4 is 9.62 Å². The van der Waals surface area contributed by atoms with E-state index in [1.807, 2.05) is 71.9 Å². The van der Waals surface area contributed by atoms with E-state index in [0.29, 0.717) is 12.1 Å². The summed E-state index contributed by atoms with van der Waals surface area (Å²) >= 11 is 0. The average molecular weight is 488 g/mol. The minimum absolute atomic E-state index is 0.196. The lowest BCUT2D eigenvalue weighted by atomic mass is 10.0. The summed E-state index contributed by atoms with van der Waals surface area (Å²) in [6, 6.07) is 14.0. The molecule has 0 aliphatic carbocycles. The number of hydrogen-bond acceptors (Lipinski definition) is 4. The van der Waals surface area contributed by atoms with Crippen LogP contribution in [-0.2, 0) is 26.2 Å². The summed E-state index contributed by atoms with van der Waals surface area (Å²) in [5.41, 5.74) is 2.74. The third-order valence-electron chi connectivity index (χ3n) is 5.29. The summed E-state index contributed by atoms with van der Waals surface area (Å²) < 4.78 is 26.4. The van der Waals surface area contributed by atoms with Crippen LogP contribution in [0.5, 0.6) is 0 Å². The monoisotopic (exact) mass is 487 g/mol. The fourth-order valence-corrected chi connectivity index (χ4v) is 4.62. The Labute approximate surface area is 204 Å². The highest BCUT2D eigenvalue weighted by Crippen LogP contribution is 2.21. The van der Waals surface area contributed by atoms with Crippen LogP contribution >= 0.6 is 0 Å². The number of aryl methyl sites for hydroxylation is 2. The number of rotatable bonds is 9. The fourth-order valence-electron chi connectivity index (χ4n) is 3.78. The normalized spacial score (nSPS) is 12.7. The second-order valence-electron chi connectivity index (χ2n) is 9.78. The number of hydrogen-bond donors (Lipinski definition) is 1. The van der Waals surface area contributed by atoms with E-state index >= 15 is 0 Å². The summed E-state index contributed by atoms with van der Waals surface area (Å²) in [4.78, 5) is 28.3. The third kappa shape index (κ3) is 7.87. The number of anilines is 1. The SMILES string of the molecule is CC[C@H](C(=O)NC(C)(C)C)N(Cc1cccc(C)c1)C(=O)CN(c1cccc(C)c1)S(C)(=O)=O. The van der Waals surface area contributed by atoms with Crippen molar-refractivity contribution in [3.63, 3.8) is 0 Å². The highest BCUT2D eigenvalue weighted by Gasteiger charge is 2.33. The van der Waals surface area contributed by atoms with E-state index in [-0.39, 0.29) is 12.5 Å². The Morgan fingerprint density at radius 3 is 2.09 bits per heavy atom. The molecule has 0 aliphatic rings. The fraction of sp³-hybridized carbons (Fsp3) is 0.462. The molecular weight excluding hydrogens is 450 g/mol. The van der Waals surface area contributed by atoms with Crippen LogP contribution in [0.3, 0.4) is 0 Å². The Kier molecular flexibility index (Phi) is 8.89. The van der Waals surface area contributed by atoms with Crippen LogP contribution in [0.15, 0.2) is 48.5 Å². The Hall–Kier alpha value is -2.87. The lowest BCUT2D eigenvalue weighted by molar-refractivity contribution is -0.141. The maximum Gasteiger partial charge on any atom is 0.244 e. The number of benzene rings is 2. The van der Waals surface area contributed by atoms with Crippen molar-refractivity contribution >= 4 is 27.5 Å². The molecule has 1 atom stereocenters. The molecule has 0 bridgehead atoms. The molecule has 0 fully saturated rings. The Bertz CT molecular complexity index is 1120. The van der Waals surface area contributed by atoms with Crippen molar-refractivity contribution in [2.24, 2.45) is 0 Å². The van der Waals surface area contributed by atoms with E-state index in [0.717, 1.165) is 27.3 Å². The van der Waals surface area contributed by atoms with E-state index in [1.165, 1.54) is 4.90 Å². The topological polar surface area (TPSA) is 86.8 Å². The largest absolute Gasteiger partial charge is 0.350 e. The number of carbonyl (C=O) groups excluding carboxylic acids is 2. The van der Waals surface area contributed by atoms with Gasteiger partial charge in [0.05, 0.1) is 11.9 Å². The summed E-state index contributed by atoms with van der Waals surface area (Å²) in [5.74, 6) is -0.707. The van der Waals surface area contributed by atoms with Crippen LogP contribution in [0.2, 0.25) is 0 Å². The Balaban J connectivity index is 2.46. The molecule has 0 radical (unpaired) electrons. The number of sulfonamides is 1. The van der Waals surface area contributed by atoms with Gasteiger partial charge in [0, 0.05) is 12.1 Å². The molecule has 0 aliphatic heterocycles. The van der Waals surface area contributed by atoms with E-state index in [9.17, 15) is 18.0 Å². The lowest BCUT2D eigenvalue weighted by Gasteiger charge is -2.34. The second kappa shape index (κ2) is 11.0. The van der Waals surface area contributed by atoms with Gasteiger partial charge >= 0.3 is 0 Å². The molecule has 7 nitrogen and oxygen atoms in total. The molecule has 2 amide bonds. The molecule has 2 rings (SSSR count). The van der Waals surface area contributed by atoms with Crippen molar-refractivity contribution in [3.05, 3.63) is 65.2 Å². The molecule has 0 aromatic heterocycles. The van der Waals surface area contributed by atoms with Gasteiger partial charge in [-0.15, -0.1) is 0 Å². The smallest absolute Gasteiger partial charge is 0.244 e. The number of amides is 2. The first-order valence-electron chi connectivity index (χ1n) is 11.4. The van der Waals surface area contributed by atoms with Crippen molar-refractivity contribution in [3.8, 4) is 0 Å². The van der Waals surface area contributed by atoms with Gasteiger partial charge in [0.25, 0.3) is 0 Å². The van der Waals surface area contributed by atoms with Gasteiger partial charge < -0.3 is 10.2 Å². The molecule has 0 spiro atoms. The van der Waals surface area contributed by atoms with Gasteiger partial charge in [0.1, 0.15) is 12.6 Å². The van der Waals surface area contributed by atoms with Gasteiger partial charge in [-0.25, -0.2) is 8.42 Å². The summed E-state index contributed by atoms with van der Waals surface area (Å²) in [6.45, 7) is 11.1. The lowest BCUT2D eigenvalue weighted by Crippen LogP contribution is -2.55. The van der Waals surface area contributed by atoms with E-state index in [2.05, 4.69) is 5.32 Å². The molecule has 2 aromatic carbocycles. The minimum Gasteiger partial charge on any atom is -0.350 e. The first kappa shape index (κ1) is 27.4.